The summed E-state index contributed by atoms with van der Waals surface area (Å²) < 4.78 is 9.36. The molecular formula is C9H20O3. The van der Waals surface area contributed by atoms with Gasteiger partial charge < -0.3 is 9.47 Å². The average Bonchev–Trinajstić information content (AvgIpc) is 1.85. The first-order valence-corrected chi connectivity index (χ1v) is 4.10. The highest BCUT2D eigenvalue weighted by Gasteiger charge is 1.94. The molecule has 3 nitrogen and oxygen atoms in total. The van der Waals surface area contributed by atoms with Crippen molar-refractivity contribution >= 4 is 5.97 Å². The summed E-state index contributed by atoms with van der Waals surface area (Å²) in [5.74, 6) is -0.245. The summed E-state index contributed by atoms with van der Waals surface area (Å²) in [6, 6.07) is 0. The Kier molecular flexibility index (Phi) is 9.93. The van der Waals surface area contributed by atoms with Crippen LogP contribution in [0.1, 0.15) is 34.6 Å². The Morgan fingerprint density at radius 3 is 1.33 bits per heavy atom. The van der Waals surface area contributed by atoms with Gasteiger partial charge in [-0.3, -0.25) is 4.79 Å². The molecule has 0 aliphatic carbocycles. The molecule has 0 amide bonds. The van der Waals surface area contributed by atoms with E-state index in [0.29, 0.717) is 12.2 Å². The van der Waals surface area contributed by atoms with Gasteiger partial charge in [-0.2, -0.15) is 0 Å². The molecule has 0 unspecified atom stereocenters. The van der Waals surface area contributed by atoms with E-state index in [9.17, 15) is 4.79 Å². The van der Waals surface area contributed by atoms with Crippen LogP contribution < -0.4 is 0 Å². The van der Waals surface area contributed by atoms with Crippen LogP contribution in [0, 0.1) is 0 Å². The Morgan fingerprint density at radius 2 is 1.33 bits per heavy atom. The zero-order valence-corrected chi connectivity index (χ0v) is 8.88. The van der Waals surface area contributed by atoms with Crippen LogP contribution >= 0.6 is 0 Å². The van der Waals surface area contributed by atoms with E-state index in [1.165, 1.54) is 14.0 Å². The van der Waals surface area contributed by atoms with Gasteiger partial charge in [-0.1, -0.05) is 0 Å². The quantitative estimate of drug-likeness (QED) is 0.604. The summed E-state index contributed by atoms with van der Waals surface area (Å²) in [6.45, 7) is 9.53. The van der Waals surface area contributed by atoms with E-state index < -0.39 is 0 Å². The van der Waals surface area contributed by atoms with Gasteiger partial charge in [0, 0.05) is 6.92 Å². The van der Waals surface area contributed by atoms with Gasteiger partial charge in [0.1, 0.15) is 0 Å². The highest BCUT2D eigenvalue weighted by molar-refractivity contribution is 5.65. The van der Waals surface area contributed by atoms with E-state index in [0.717, 1.165) is 0 Å². The molecule has 74 valence electrons. The van der Waals surface area contributed by atoms with Crippen molar-refractivity contribution in [3.8, 4) is 0 Å². The molecule has 0 bridgehead atoms. The predicted molar refractivity (Wildman–Crippen MR) is 49.0 cm³/mol. The van der Waals surface area contributed by atoms with Crippen LogP contribution in [0.4, 0.5) is 0 Å². The molecule has 0 saturated carbocycles. The Bertz CT molecular complexity index is 102. The summed E-state index contributed by atoms with van der Waals surface area (Å²) in [4.78, 5) is 9.59. The minimum absolute atomic E-state index is 0.245. The standard InChI is InChI=1S/C6H14O.C3H6O2/c1-5(2)7-6(3)4;1-3(4)5-2/h5-6H,1-4H3;1-2H3. The zero-order chi connectivity index (χ0) is 10.1. The van der Waals surface area contributed by atoms with Crippen molar-refractivity contribution < 1.29 is 14.3 Å². The van der Waals surface area contributed by atoms with Crippen molar-refractivity contribution in [2.24, 2.45) is 0 Å². The van der Waals surface area contributed by atoms with E-state index in [1.807, 2.05) is 27.7 Å². The van der Waals surface area contributed by atoms with Gasteiger partial charge in [0.25, 0.3) is 0 Å². The average molecular weight is 176 g/mol. The van der Waals surface area contributed by atoms with E-state index in [4.69, 9.17) is 4.74 Å². The van der Waals surface area contributed by atoms with Crippen molar-refractivity contribution in [1.82, 2.24) is 0 Å². The molecule has 0 saturated heterocycles. The van der Waals surface area contributed by atoms with Crippen LogP contribution in [-0.4, -0.2) is 25.3 Å². The number of carbonyl (C=O) groups is 1. The van der Waals surface area contributed by atoms with E-state index in [-0.39, 0.29) is 5.97 Å². The van der Waals surface area contributed by atoms with E-state index in [1.54, 1.807) is 0 Å². The molecule has 0 aliphatic rings. The first-order chi connectivity index (χ1) is 5.40. The Labute approximate surface area is 75.1 Å². The molecule has 0 spiro atoms. The lowest BCUT2D eigenvalue weighted by molar-refractivity contribution is -0.137. The predicted octanol–water partition coefficient (Wildman–Crippen LogP) is 2.00. The monoisotopic (exact) mass is 176 g/mol. The highest BCUT2D eigenvalue weighted by atomic mass is 16.5. The molecule has 0 radical (unpaired) electrons. The van der Waals surface area contributed by atoms with Gasteiger partial charge in [0.05, 0.1) is 19.3 Å². The molecule has 0 aromatic carbocycles. The van der Waals surface area contributed by atoms with Crippen molar-refractivity contribution in [3.05, 3.63) is 0 Å². The molecule has 0 aromatic heterocycles. The van der Waals surface area contributed by atoms with Crippen LogP contribution in [-0.2, 0) is 14.3 Å². The maximum Gasteiger partial charge on any atom is 0.302 e. The van der Waals surface area contributed by atoms with Gasteiger partial charge >= 0.3 is 5.97 Å². The largest absolute Gasteiger partial charge is 0.469 e. The Morgan fingerprint density at radius 1 is 1.08 bits per heavy atom. The maximum absolute atomic E-state index is 9.59. The van der Waals surface area contributed by atoms with Gasteiger partial charge in [0.2, 0.25) is 0 Å². The third kappa shape index (κ3) is 22.7. The first-order valence-electron chi connectivity index (χ1n) is 4.10. The lowest BCUT2D eigenvalue weighted by Crippen LogP contribution is -2.09. The molecule has 0 aliphatic heterocycles. The van der Waals surface area contributed by atoms with Crippen LogP contribution in [0.5, 0.6) is 0 Å². The van der Waals surface area contributed by atoms with Crippen LogP contribution in [0.15, 0.2) is 0 Å². The normalized spacial score (nSPS) is 9.33. The molecule has 0 aromatic rings. The summed E-state index contributed by atoms with van der Waals surface area (Å²) in [7, 11) is 1.35. The molecule has 0 fully saturated rings. The zero-order valence-electron chi connectivity index (χ0n) is 8.88. The minimum atomic E-state index is -0.245. The van der Waals surface area contributed by atoms with Crippen LogP contribution in [0.25, 0.3) is 0 Å². The summed E-state index contributed by atoms with van der Waals surface area (Å²) in [5, 5.41) is 0. The fraction of sp³-hybridized carbons (Fsp3) is 0.889. The van der Waals surface area contributed by atoms with Crippen molar-refractivity contribution in [2.75, 3.05) is 7.11 Å². The summed E-state index contributed by atoms with van der Waals surface area (Å²) in [6.07, 6.45) is 0.750. The maximum atomic E-state index is 9.59. The van der Waals surface area contributed by atoms with Crippen LogP contribution in [0.2, 0.25) is 0 Å². The number of rotatable bonds is 2. The van der Waals surface area contributed by atoms with Gasteiger partial charge in [-0.05, 0) is 27.7 Å². The number of methoxy groups -OCH3 is 1. The van der Waals surface area contributed by atoms with Gasteiger partial charge in [-0.25, -0.2) is 0 Å². The first kappa shape index (κ1) is 14.0. The molecule has 0 heterocycles. The van der Waals surface area contributed by atoms with E-state index >= 15 is 0 Å². The second-order valence-electron chi connectivity index (χ2n) is 2.93. The smallest absolute Gasteiger partial charge is 0.302 e. The second kappa shape index (κ2) is 8.53. The number of hydrogen-bond donors (Lipinski definition) is 0. The third-order valence-electron chi connectivity index (χ3n) is 0.832. The third-order valence-corrected chi connectivity index (χ3v) is 0.832. The highest BCUT2D eigenvalue weighted by Crippen LogP contribution is 1.93. The lowest BCUT2D eigenvalue weighted by atomic mass is 10.4. The summed E-state index contributed by atoms with van der Waals surface area (Å²) in [5.41, 5.74) is 0. The van der Waals surface area contributed by atoms with Crippen molar-refractivity contribution in [1.29, 1.82) is 0 Å². The van der Waals surface area contributed by atoms with Crippen molar-refractivity contribution in [2.45, 2.75) is 46.8 Å². The molecular weight excluding hydrogens is 156 g/mol. The molecule has 12 heavy (non-hydrogen) atoms. The molecule has 3 heteroatoms. The second-order valence-corrected chi connectivity index (χ2v) is 2.93. The lowest BCUT2D eigenvalue weighted by Gasteiger charge is -2.09. The topological polar surface area (TPSA) is 35.5 Å². The Hall–Kier alpha value is -0.570. The van der Waals surface area contributed by atoms with E-state index in [2.05, 4.69) is 4.74 Å². The van der Waals surface area contributed by atoms with Crippen LogP contribution in [0.3, 0.4) is 0 Å². The number of esters is 1. The molecule has 0 N–H and O–H groups in total. The minimum Gasteiger partial charge on any atom is -0.469 e. The van der Waals surface area contributed by atoms with Crippen molar-refractivity contribution in [3.63, 3.8) is 0 Å². The fourth-order valence-corrected chi connectivity index (χ4v) is 0.544. The molecule has 0 atom stereocenters. The van der Waals surface area contributed by atoms with Gasteiger partial charge in [0.15, 0.2) is 0 Å². The van der Waals surface area contributed by atoms with Gasteiger partial charge in [-0.15, -0.1) is 0 Å². The number of carbonyl (C=O) groups excluding carboxylic acids is 1. The summed E-state index contributed by atoms with van der Waals surface area (Å²) >= 11 is 0. The Balaban J connectivity index is 0. The number of hydrogen-bond acceptors (Lipinski definition) is 3. The number of ether oxygens (including phenoxy) is 2. The SMILES string of the molecule is CC(C)OC(C)C.COC(C)=O. The molecule has 0 rings (SSSR count). The fourth-order valence-electron chi connectivity index (χ4n) is 0.544.